The molecule has 0 N–H and O–H groups in total. The standard InChI is InChI=1S/C15H19BClN/c1-11-8-13(16)10-18(2)15(11)9-12-4-3-5-14(17)7-6-12/h3,5-8H,4,9-10,16H2,1-2H3. The van der Waals surface area contributed by atoms with Crippen LogP contribution in [0.1, 0.15) is 19.8 Å². The lowest BCUT2D eigenvalue weighted by Crippen LogP contribution is -2.25. The van der Waals surface area contributed by atoms with Crippen molar-refractivity contribution in [3.05, 3.63) is 57.7 Å². The molecule has 0 spiro atoms. The first kappa shape index (κ1) is 13.3. The molecule has 0 aromatic heterocycles. The first-order chi connectivity index (χ1) is 8.56. The first-order valence-electron chi connectivity index (χ1n) is 6.36. The summed E-state index contributed by atoms with van der Waals surface area (Å²) in [7, 11) is 4.36. The molecule has 1 heterocycles. The third-order valence-electron chi connectivity index (χ3n) is 3.40. The molecule has 0 amide bonds. The van der Waals surface area contributed by atoms with E-state index in [2.05, 4.69) is 44.9 Å². The summed E-state index contributed by atoms with van der Waals surface area (Å²) in [5, 5.41) is 0.809. The van der Waals surface area contributed by atoms with Crippen LogP contribution in [0.3, 0.4) is 0 Å². The Kier molecular flexibility index (Phi) is 4.18. The maximum atomic E-state index is 6.00. The second-order valence-corrected chi connectivity index (χ2v) is 5.57. The van der Waals surface area contributed by atoms with E-state index in [1.165, 1.54) is 22.3 Å². The van der Waals surface area contributed by atoms with Crippen LogP contribution in [-0.2, 0) is 0 Å². The molecule has 0 atom stereocenters. The Bertz CT molecular complexity index is 495. The zero-order valence-corrected chi connectivity index (χ0v) is 12.1. The van der Waals surface area contributed by atoms with Gasteiger partial charge in [-0.05, 0) is 31.1 Å². The molecule has 2 rings (SSSR count). The second-order valence-electron chi connectivity index (χ2n) is 5.14. The highest BCUT2D eigenvalue weighted by Crippen LogP contribution is 2.26. The van der Waals surface area contributed by atoms with Crippen molar-refractivity contribution in [1.29, 1.82) is 0 Å². The molecule has 1 aliphatic heterocycles. The van der Waals surface area contributed by atoms with E-state index >= 15 is 0 Å². The average molecular weight is 260 g/mol. The molecule has 3 heteroatoms. The van der Waals surface area contributed by atoms with Gasteiger partial charge < -0.3 is 4.90 Å². The zero-order valence-electron chi connectivity index (χ0n) is 11.3. The third kappa shape index (κ3) is 3.20. The highest BCUT2D eigenvalue weighted by Gasteiger charge is 2.14. The molecule has 0 aromatic rings. The van der Waals surface area contributed by atoms with Gasteiger partial charge in [-0.1, -0.05) is 40.9 Å². The molecule has 0 unspecified atom stereocenters. The van der Waals surface area contributed by atoms with E-state index in [0.29, 0.717) is 0 Å². The van der Waals surface area contributed by atoms with Crippen molar-refractivity contribution >= 4 is 19.4 Å². The fourth-order valence-corrected chi connectivity index (χ4v) is 2.69. The number of halogens is 1. The SMILES string of the molecule is BC1=CC(C)=C(CC2=CC=C(Cl)C=CC2)N(C)C1. The topological polar surface area (TPSA) is 3.24 Å². The van der Waals surface area contributed by atoms with Crippen molar-refractivity contribution in [2.24, 2.45) is 0 Å². The van der Waals surface area contributed by atoms with Crippen LogP contribution < -0.4 is 0 Å². The van der Waals surface area contributed by atoms with Gasteiger partial charge in [0, 0.05) is 30.7 Å². The van der Waals surface area contributed by atoms with Crippen LogP contribution in [0.4, 0.5) is 0 Å². The van der Waals surface area contributed by atoms with Crippen molar-refractivity contribution in [2.75, 3.05) is 13.6 Å². The Morgan fingerprint density at radius 1 is 1.39 bits per heavy atom. The summed E-state index contributed by atoms with van der Waals surface area (Å²) in [5.41, 5.74) is 5.64. The number of nitrogens with zero attached hydrogens (tertiary/aromatic N) is 1. The number of rotatable bonds is 2. The van der Waals surface area contributed by atoms with Crippen molar-refractivity contribution in [3.8, 4) is 0 Å². The molecule has 2 aliphatic rings. The Balaban J connectivity index is 2.19. The van der Waals surface area contributed by atoms with Gasteiger partial charge >= 0.3 is 0 Å². The van der Waals surface area contributed by atoms with Crippen molar-refractivity contribution in [1.82, 2.24) is 4.90 Å². The van der Waals surface area contributed by atoms with Crippen molar-refractivity contribution in [3.63, 3.8) is 0 Å². The van der Waals surface area contributed by atoms with E-state index in [-0.39, 0.29) is 0 Å². The molecule has 18 heavy (non-hydrogen) atoms. The lowest BCUT2D eigenvalue weighted by molar-refractivity contribution is 0.437. The van der Waals surface area contributed by atoms with Crippen LogP contribution in [0, 0.1) is 0 Å². The van der Waals surface area contributed by atoms with E-state index in [9.17, 15) is 0 Å². The Labute approximate surface area is 116 Å². The molecule has 0 radical (unpaired) electrons. The Hall–Kier alpha value is -1.15. The minimum Gasteiger partial charge on any atom is -0.374 e. The molecule has 1 aliphatic carbocycles. The summed E-state index contributed by atoms with van der Waals surface area (Å²) in [6, 6.07) is 0. The molecule has 0 bridgehead atoms. The number of hydrogen-bond acceptors (Lipinski definition) is 1. The Morgan fingerprint density at radius 2 is 2.17 bits per heavy atom. The van der Waals surface area contributed by atoms with E-state index in [1.807, 2.05) is 12.2 Å². The second kappa shape index (κ2) is 5.66. The van der Waals surface area contributed by atoms with Crippen LogP contribution in [0.25, 0.3) is 0 Å². The molecule has 1 nitrogen and oxygen atoms in total. The summed E-state index contributed by atoms with van der Waals surface area (Å²) in [6.07, 6.45) is 12.5. The molecular formula is C15H19BClN. The van der Waals surface area contributed by atoms with Gasteiger partial charge in [0.05, 0.1) is 0 Å². The zero-order chi connectivity index (χ0) is 13.1. The average Bonchev–Trinajstić information content (AvgIpc) is 2.48. The van der Waals surface area contributed by atoms with Gasteiger partial charge in [0.25, 0.3) is 0 Å². The van der Waals surface area contributed by atoms with E-state index in [0.717, 1.165) is 24.4 Å². The van der Waals surface area contributed by atoms with Crippen LogP contribution >= 0.6 is 11.6 Å². The van der Waals surface area contributed by atoms with Gasteiger partial charge in [-0.2, -0.15) is 0 Å². The lowest BCUT2D eigenvalue weighted by atomic mass is 9.88. The van der Waals surface area contributed by atoms with Crippen LogP contribution in [-0.4, -0.2) is 26.3 Å². The van der Waals surface area contributed by atoms with Gasteiger partial charge in [0.2, 0.25) is 0 Å². The smallest absolute Gasteiger partial charge is 0.136 e. The number of hydrogen-bond donors (Lipinski definition) is 0. The molecular weight excluding hydrogens is 240 g/mol. The third-order valence-corrected chi connectivity index (χ3v) is 3.65. The maximum absolute atomic E-state index is 6.00. The molecule has 0 aromatic carbocycles. The minimum atomic E-state index is 0.809. The predicted molar refractivity (Wildman–Crippen MR) is 82.4 cm³/mol. The number of allylic oxidation sites excluding steroid dienone is 8. The maximum Gasteiger partial charge on any atom is 0.136 e. The van der Waals surface area contributed by atoms with Crippen molar-refractivity contribution < 1.29 is 0 Å². The summed E-state index contributed by atoms with van der Waals surface area (Å²) in [6.45, 7) is 3.23. The molecule has 94 valence electrons. The lowest BCUT2D eigenvalue weighted by Gasteiger charge is -2.29. The largest absolute Gasteiger partial charge is 0.374 e. The van der Waals surface area contributed by atoms with E-state index < -0.39 is 0 Å². The predicted octanol–water partition coefficient (Wildman–Crippen LogP) is 3.12. The summed E-state index contributed by atoms with van der Waals surface area (Å²) in [4.78, 5) is 2.35. The van der Waals surface area contributed by atoms with Gasteiger partial charge in [-0.15, -0.1) is 0 Å². The highest BCUT2D eigenvalue weighted by atomic mass is 35.5. The number of likely N-dealkylation sites (N-methyl/N-ethyl adjacent to an activating group) is 1. The van der Waals surface area contributed by atoms with E-state index in [4.69, 9.17) is 11.6 Å². The van der Waals surface area contributed by atoms with Crippen LogP contribution in [0.15, 0.2) is 57.7 Å². The fraction of sp³-hybridized carbons (Fsp3) is 0.333. The molecule has 0 saturated heterocycles. The van der Waals surface area contributed by atoms with Crippen LogP contribution in [0.2, 0.25) is 0 Å². The fourth-order valence-electron chi connectivity index (χ4n) is 2.53. The summed E-state index contributed by atoms with van der Waals surface area (Å²) in [5.74, 6) is 0. The first-order valence-corrected chi connectivity index (χ1v) is 6.74. The highest BCUT2D eigenvalue weighted by molar-refractivity contribution is 6.31. The quantitative estimate of drug-likeness (QED) is 0.689. The normalized spacial score (nSPS) is 20.4. The van der Waals surface area contributed by atoms with Gasteiger partial charge in [-0.3, -0.25) is 0 Å². The molecule has 0 saturated carbocycles. The summed E-state index contributed by atoms with van der Waals surface area (Å²) < 4.78 is 0. The summed E-state index contributed by atoms with van der Waals surface area (Å²) >= 11 is 6.00. The minimum absolute atomic E-state index is 0.809. The van der Waals surface area contributed by atoms with Gasteiger partial charge in [0.15, 0.2) is 0 Å². The Morgan fingerprint density at radius 3 is 2.89 bits per heavy atom. The van der Waals surface area contributed by atoms with E-state index in [1.54, 1.807) is 0 Å². The van der Waals surface area contributed by atoms with Gasteiger partial charge in [0.1, 0.15) is 7.85 Å². The van der Waals surface area contributed by atoms with Crippen molar-refractivity contribution in [2.45, 2.75) is 19.8 Å². The molecule has 0 fully saturated rings. The van der Waals surface area contributed by atoms with Gasteiger partial charge in [-0.25, -0.2) is 0 Å². The van der Waals surface area contributed by atoms with Crippen LogP contribution in [0.5, 0.6) is 0 Å². The monoisotopic (exact) mass is 259 g/mol.